The number of anilines is 1. The second-order valence-corrected chi connectivity index (χ2v) is 5.97. The van der Waals surface area contributed by atoms with Crippen LogP contribution < -0.4 is 14.8 Å². The van der Waals surface area contributed by atoms with Crippen molar-refractivity contribution in [3.05, 3.63) is 53.6 Å². The summed E-state index contributed by atoms with van der Waals surface area (Å²) in [5, 5.41) is 2.36. The molecule has 1 aliphatic rings. The van der Waals surface area contributed by atoms with Crippen LogP contribution in [-0.4, -0.2) is 25.3 Å². The van der Waals surface area contributed by atoms with Crippen LogP contribution >= 0.6 is 0 Å². The molecule has 0 atom stereocenters. The summed E-state index contributed by atoms with van der Waals surface area (Å²) in [4.78, 5) is 23.5. The van der Waals surface area contributed by atoms with E-state index in [1.165, 1.54) is 0 Å². The van der Waals surface area contributed by atoms with Crippen molar-refractivity contribution in [2.75, 3.05) is 18.7 Å². The first-order valence-corrected chi connectivity index (χ1v) is 8.32. The zero-order valence-corrected chi connectivity index (χ0v) is 14.5. The predicted octanol–water partition coefficient (Wildman–Crippen LogP) is 3.55. The lowest BCUT2D eigenvalue weighted by Crippen LogP contribution is -2.21. The number of esters is 1. The molecule has 1 aliphatic heterocycles. The summed E-state index contributed by atoms with van der Waals surface area (Å²) in [7, 11) is 0. The Hall–Kier alpha value is -3.23. The summed E-state index contributed by atoms with van der Waals surface area (Å²) in [6.45, 7) is -0.365. The van der Waals surface area contributed by atoms with Crippen molar-refractivity contribution in [1.82, 2.24) is 0 Å². The van der Waals surface area contributed by atoms with Gasteiger partial charge in [-0.3, -0.25) is 9.59 Å². The van der Waals surface area contributed by atoms with Crippen LogP contribution in [0.1, 0.15) is 17.5 Å². The van der Waals surface area contributed by atoms with Gasteiger partial charge in [0.2, 0.25) is 6.79 Å². The van der Waals surface area contributed by atoms with E-state index in [-0.39, 0.29) is 18.9 Å². The molecular formula is C19H16F3NO5. The molecule has 0 unspecified atom stereocenters. The zero-order chi connectivity index (χ0) is 20.1. The van der Waals surface area contributed by atoms with Gasteiger partial charge < -0.3 is 19.5 Å². The number of carbonyl (C=O) groups excluding carboxylic acids is 2. The molecule has 2 aromatic carbocycles. The molecule has 1 amide bonds. The lowest BCUT2D eigenvalue weighted by atomic mass is 10.1. The molecular weight excluding hydrogens is 379 g/mol. The van der Waals surface area contributed by atoms with Crippen molar-refractivity contribution >= 4 is 17.6 Å². The van der Waals surface area contributed by atoms with E-state index in [0.717, 1.165) is 29.8 Å². The van der Waals surface area contributed by atoms with Crippen molar-refractivity contribution in [2.24, 2.45) is 0 Å². The monoisotopic (exact) mass is 395 g/mol. The van der Waals surface area contributed by atoms with E-state index in [1.807, 2.05) is 0 Å². The van der Waals surface area contributed by atoms with Crippen molar-refractivity contribution in [3.8, 4) is 11.5 Å². The summed E-state index contributed by atoms with van der Waals surface area (Å²) in [6.07, 6.45) is -3.99. The molecule has 0 fully saturated rings. The number of nitrogens with one attached hydrogen (secondary N) is 1. The van der Waals surface area contributed by atoms with Crippen LogP contribution in [0.5, 0.6) is 11.5 Å². The van der Waals surface area contributed by atoms with E-state index in [4.69, 9.17) is 14.2 Å². The highest BCUT2D eigenvalue weighted by atomic mass is 19.4. The number of benzene rings is 2. The highest BCUT2D eigenvalue weighted by Gasteiger charge is 2.30. The number of aryl methyl sites for hydroxylation is 1. The van der Waals surface area contributed by atoms with Crippen LogP contribution in [0.4, 0.5) is 18.9 Å². The number of rotatable bonds is 6. The molecule has 0 saturated carbocycles. The Labute approximate surface area is 158 Å². The van der Waals surface area contributed by atoms with Gasteiger partial charge in [0.15, 0.2) is 18.1 Å². The first kappa shape index (κ1) is 19.5. The minimum absolute atomic E-state index is 0.0627. The molecule has 148 valence electrons. The van der Waals surface area contributed by atoms with Crippen LogP contribution in [0.2, 0.25) is 0 Å². The molecule has 1 heterocycles. The topological polar surface area (TPSA) is 73.9 Å². The fraction of sp³-hybridized carbons (Fsp3) is 0.263. The highest BCUT2D eigenvalue weighted by molar-refractivity contribution is 5.92. The van der Waals surface area contributed by atoms with Crippen LogP contribution in [0.25, 0.3) is 0 Å². The Morgan fingerprint density at radius 3 is 2.46 bits per heavy atom. The smallest absolute Gasteiger partial charge is 0.416 e. The van der Waals surface area contributed by atoms with E-state index >= 15 is 0 Å². The summed E-state index contributed by atoms with van der Waals surface area (Å²) in [5.41, 5.74) is 0.213. The van der Waals surface area contributed by atoms with Crippen molar-refractivity contribution in [2.45, 2.75) is 19.0 Å². The largest absolute Gasteiger partial charge is 0.456 e. The maximum atomic E-state index is 12.5. The Morgan fingerprint density at radius 1 is 1.04 bits per heavy atom. The number of alkyl halides is 3. The molecule has 9 heteroatoms. The predicted molar refractivity (Wildman–Crippen MR) is 91.9 cm³/mol. The molecule has 1 N–H and O–H groups in total. The molecule has 3 rings (SSSR count). The zero-order valence-electron chi connectivity index (χ0n) is 14.5. The molecule has 0 radical (unpaired) electrons. The SMILES string of the molecule is O=C(COC(=O)CCc1ccc2c(c1)OCO2)Nc1ccc(C(F)(F)F)cc1. The van der Waals surface area contributed by atoms with Gasteiger partial charge in [0.1, 0.15) is 0 Å². The first-order valence-electron chi connectivity index (χ1n) is 8.32. The minimum atomic E-state index is -4.45. The first-order chi connectivity index (χ1) is 13.3. The Kier molecular flexibility index (Phi) is 5.72. The van der Waals surface area contributed by atoms with Gasteiger partial charge >= 0.3 is 12.1 Å². The quantitative estimate of drug-likeness (QED) is 0.758. The maximum Gasteiger partial charge on any atom is 0.416 e. The summed E-state index contributed by atoms with van der Waals surface area (Å²) in [5.74, 6) is 0.0458. The highest BCUT2D eigenvalue weighted by Crippen LogP contribution is 2.33. The average Bonchev–Trinajstić information content (AvgIpc) is 3.12. The van der Waals surface area contributed by atoms with Gasteiger partial charge in [-0.2, -0.15) is 13.2 Å². The molecule has 0 aromatic heterocycles. The van der Waals surface area contributed by atoms with E-state index in [2.05, 4.69) is 5.32 Å². The third kappa shape index (κ3) is 5.15. The third-order valence-electron chi connectivity index (χ3n) is 3.92. The normalized spacial score (nSPS) is 12.5. The van der Waals surface area contributed by atoms with Gasteiger partial charge in [-0.1, -0.05) is 6.07 Å². The molecule has 0 aliphatic carbocycles. The number of fused-ring (bicyclic) bond motifs is 1. The molecule has 0 bridgehead atoms. The van der Waals surface area contributed by atoms with Gasteiger partial charge in [0.05, 0.1) is 5.56 Å². The standard InChI is InChI=1S/C19H16F3NO5/c20-19(21,22)13-3-5-14(6-4-13)23-17(24)10-26-18(25)8-2-12-1-7-15-16(9-12)28-11-27-15/h1,3-7,9H,2,8,10-11H2,(H,23,24). The van der Waals surface area contributed by atoms with E-state index in [9.17, 15) is 22.8 Å². The van der Waals surface area contributed by atoms with E-state index < -0.39 is 30.2 Å². The number of carbonyl (C=O) groups is 2. The van der Waals surface area contributed by atoms with E-state index in [1.54, 1.807) is 18.2 Å². The number of amides is 1. The number of hydrogen-bond acceptors (Lipinski definition) is 5. The lowest BCUT2D eigenvalue weighted by Gasteiger charge is -2.09. The van der Waals surface area contributed by atoms with Gasteiger partial charge in [0, 0.05) is 12.1 Å². The molecule has 0 saturated heterocycles. The van der Waals surface area contributed by atoms with Gasteiger partial charge in [0.25, 0.3) is 5.91 Å². The lowest BCUT2D eigenvalue weighted by molar-refractivity contribution is -0.147. The van der Waals surface area contributed by atoms with Crippen LogP contribution in [0.3, 0.4) is 0 Å². The molecule has 2 aromatic rings. The maximum absolute atomic E-state index is 12.5. The molecule has 0 spiro atoms. The molecule has 28 heavy (non-hydrogen) atoms. The Bertz CT molecular complexity index is 865. The van der Waals surface area contributed by atoms with Crippen LogP contribution in [-0.2, 0) is 26.9 Å². The second kappa shape index (κ2) is 8.20. The van der Waals surface area contributed by atoms with Crippen molar-refractivity contribution in [1.29, 1.82) is 0 Å². The Morgan fingerprint density at radius 2 is 1.75 bits per heavy atom. The van der Waals surface area contributed by atoms with Crippen molar-refractivity contribution < 1.29 is 37.0 Å². The van der Waals surface area contributed by atoms with Gasteiger partial charge in [-0.05, 0) is 48.4 Å². The summed E-state index contributed by atoms with van der Waals surface area (Å²) in [6, 6.07) is 9.29. The Balaban J connectivity index is 1.41. The van der Waals surface area contributed by atoms with Gasteiger partial charge in [-0.25, -0.2) is 0 Å². The fourth-order valence-corrected chi connectivity index (χ4v) is 2.50. The van der Waals surface area contributed by atoms with Crippen LogP contribution in [0.15, 0.2) is 42.5 Å². The summed E-state index contributed by atoms with van der Waals surface area (Å²) < 4.78 is 52.8. The van der Waals surface area contributed by atoms with Crippen LogP contribution in [0, 0.1) is 0 Å². The van der Waals surface area contributed by atoms with Gasteiger partial charge in [-0.15, -0.1) is 0 Å². The number of ether oxygens (including phenoxy) is 3. The van der Waals surface area contributed by atoms with E-state index in [0.29, 0.717) is 17.9 Å². The average molecular weight is 395 g/mol. The second-order valence-electron chi connectivity index (χ2n) is 5.97. The third-order valence-corrected chi connectivity index (χ3v) is 3.92. The minimum Gasteiger partial charge on any atom is -0.456 e. The number of halogens is 3. The fourth-order valence-electron chi connectivity index (χ4n) is 2.50. The molecule has 6 nitrogen and oxygen atoms in total. The number of hydrogen-bond donors (Lipinski definition) is 1. The van der Waals surface area contributed by atoms with Crippen molar-refractivity contribution in [3.63, 3.8) is 0 Å². The summed E-state index contributed by atoms with van der Waals surface area (Å²) >= 11 is 0.